The van der Waals surface area contributed by atoms with E-state index in [0.717, 1.165) is 57.8 Å². The third-order valence-corrected chi connectivity index (χ3v) is 17.5. The van der Waals surface area contributed by atoms with E-state index >= 15 is 0 Å². The fraction of sp³-hybridized carbons (Fsp3) is 1.00. The van der Waals surface area contributed by atoms with Crippen molar-refractivity contribution in [1.29, 1.82) is 0 Å². The second-order valence-electron chi connectivity index (χ2n) is 19.9. The lowest BCUT2D eigenvalue weighted by atomic mass is 9.33. The fourth-order valence-corrected chi connectivity index (χ4v) is 13.6. The molecular formula is C41H70O14. The van der Waals surface area contributed by atoms with E-state index in [2.05, 4.69) is 27.7 Å². The van der Waals surface area contributed by atoms with Crippen LogP contribution in [0.5, 0.6) is 0 Å². The molecule has 0 aromatic rings. The van der Waals surface area contributed by atoms with Crippen LogP contribution in [0.3, 0.4) is 0 Å². The maximum Gasteiger partial charge on any atom is 0.187 e. The van der Waals surface area contributed by atoms with Crippen molar-refractivity contribution >= 4 is 0 Å². The molecule has 3 aliphatic heterocycles. The number of ether oxygens (including phenoxy) is 5. The summed E-state index contributed by atoms with van der Waals surface area (Å²) in [5.41, 5.74) is -1.19. The SMILES string of the molecule is CC(CO)C1CCC2(CCC3(C)C(CCC4C5(C)CCC(OC6OCC(O)C(O)C6OC6OC(CO)C(O)C(O)C6O)C(C)(CO)C5CCC43C)C2O)CO1. The maximum absolute atomic E-state index is 12.3. The van der Waals surface area contributed by atoms with Gasteiger partial charge in [-0.3, -0.25) is 0 Å². The first-order valence-corrected chi connectivity index (χ1v) is 21.0. The highest BCUT2D eigenvalue weighted by Crippen LogP contribution is 2.75. The number of hydrogen-bond acceptors (Lipinski definition) is 14. The van der Waals surface area contributed by atoms with Crippen molar-refractivity contribution in [3.63, 3.8) is 0 Å². The molecule has 0 bridgehead atoms. The molecular weight excluding hydrogens is 716 g/mol. The Morgan fingerprint density at radius 3 is 2.09 bits per heavy atom. The zero-order chi connectivity index (χ0) is 39.9. The Bertz CT molecular complexity index is 1330. The topological polar surface area (TPSA) is 228 Å². The van der Waals surface area contributed by atoms with E-state index < -0.39 is 79.5 Å². The number of aliphatic hydroxyl groups excluding tert-OH is 9. The molecule has 0 radical (unpaired) electrons. The molecule has 7 fully saturated rings. The molecule has 21 atom stereocenters. The van der Waals surface area contributed by atoms with Crippen molar-refractivity contribution in [1.82, 2.24) is 0 Å². The van der Waals surface area contributed by atoms with Crippen molar-refractivity contribution in [3.8, 4) is 0 Å². The summed E-state index contributed by atoms with van der Waals surface area (Å²) >= 11 is 0. The van der Waals surface area contributed by atoms with Crippen LogP contribution in [0.4, 0.5) is 0 Å². The molecule has 14 heteroatoms. The van der Waals surface area contributed by atoms with Gasteiger partial charge in [-0.05, 0) is 98.2 Å². The summed E-state index contributed by atoms with van der Waals surface area (Å²) in [6.45, 7) is 11.0. The van der Waals surface area contributed by atoms with Crippen LogP contribution in [0.25, 0.3) is 0 Å². The van der Waals surface area contributed by atoms with E-state index in [4.69, 9.17) is 23.7 Å². The van der Waals surface area contributed by atoms with Gasteiger partial charge in [0.1, 0.15) is 42.7 Å². The zero-order valence-corrected chi connectivity index (χ0v) is 33.4. The summed E-state index contributed by atoms with van der Waals surface area (Å²) in [6.07, 6.45) is -5.32. The maximum atomic E-state index is 12.3. The molecule has 4 saturated carbocycles. The van der Waals surface area contributed by atoms with Gasteiger partial charge >= 0.3 is 0 Å². The first-order chi connectivity index (χ1) is 25.9. The van der Waals surface area contributed by atoms with Gasteiger partial charge in [-0.15, -0.1) is 0 Å². The lowest BCUT2D eigenvalue weighted by molar-refractivity contribution is -0.368. The highest BCUT2D eigenvalue weighted by molar-refractivity contribution is 5.19. The Morgan fingerprint density at radius 2 is 1.44 bits per heavy atom. The zero-order valence-electron chi connectivity index (χ0n) is 33.4. The molecule has 9 N–H and O–H groups in total. The van der Waals surface area contributed by atoms with Gasteiger partial charge in [-0.25, -0.2) is 0 Å². The fourth-order valence-electron chi connectivity index (χ4n) is 13.6. The molecule has 4 aliphatic carbocycles. The molecule has 7 aliphatic rings. The molecule has 0 aromatic carbocycles. The van der Waals surface area contributed by atoms with E-state index in [0.29, 0.717) is 18.9 Å². The summed E-state index contributed by atoms with van der Waals surface area (Å²) in [7, 11) is 0. The van der Waals surface area contributed by atoms with Crippen molar-refractivity contribution < 1.29 is 69.6 Å². The van der Waals surface area contributed by atoms with Crippen LogP contribution in [0, 0.1) is 50.7 Å². The first kappa shape index (κ1) is 42.6. The quantitative estimate of drug-likeness (QED) is 0.156. The van der Waals surface area contributed by atoms with Crippen LogP contribution >= 0.6 is 0 Å². The van der Waals surface area contributed by atoms with Gasteiger partial charge in [0.25, 0.3) is 0 Å². The van der Waals surface area contributed by atoms with Gasteiger partial charge in [0, 0.05) is 23.4 Å². The number of hydrogen-bond donors (Lipinski definition) is 9. The highest BCUT2D eigenvalue weighted by Gasteiger charge is 2.70. The molecule has 3 saturated heterocycles. The average Bonchev–Trinajstić information content (AvgIpc) is 3.17. The molecule has 1 spiro atoms. The van der Waals surface area contributed by atoms with E-state index in [1.807, 2.05) is 6.92 Å². The molecule has 0 aromatic heterocycles. The molecule has 3 heterocycles. The molecule has 21 unspecified atom stereocenters. The van der Waals surface area contributed by atoms with Crippen LogP contribution in [-0.4, -0.2) is 153 Å². The van der Waals surface area contributed by atoms with Gasteiger partial charge in [-0.1, -0.05) is 34.6 Å². The van der Waals surface area contributed by atoms with Crippen LogP contribution in [0.15, 0.2) is 0 Å². The van der Waals surface area contributed by atoms with Crippen LogP contribution < -0.4 is 0 Å². The van der Waals surface area contributed by atoms with Gasteiger partial charge < -0.3 is 69.6 Å². The second-order valence-corrected chi connectivity index (χ2v) is 19.9. The second kappa shape index (κ2) is 15.5. The minimum absolute atomic E-state index is 0.0294. The molecule has 7 rings (SSSR count). The first-order valence-electron chi connectivity index (χ1n) is 21.0. The third kappa shape index (κ3) is 6.59. The van der Waals surface area contributed by atoms with E-state index in [1.165, 1.54) is 0 Å². The van der Waals surface area contributed by atoms with Crippen LogP contribution in [0.2, 0.25) is 0 Å². The van der Waals surface area contributed by atoms with Gasteiger partial charge in [0.05, 0.1) is 44.7 Å². The number of aliphatic hydroxyl groups is 9. The molecule has 14 nitrogen and oxygen atoms in total. The molecule has 0 amide bonds. The summed E-state index contributed by atoms with van der Waals surface area (Å²) < 4.78 is 30.5. The van der Waals surface area contributed by atoms with Gasteiger partial charge in [0.15, 0.2) is 12.6 Å². The monoisotopic (exact) mass is 786 g/mol. The summed E-state index contributed by atoms with van der Waals surface area (Å²) in [5, 5.41) is 95.9. The minimum Gasteiger partial charge on any atom is -0.396 e. The van der Waals surface area contributed by atoms with Crippen molar-refractivity contribution in [2.75, 3.05) is 33.0 Å². The Labute approximate surface area is 325 Å². The summed E-state index contributed by atoms with van der Waals surface area (Å²) in [6, 6.07) is 0. The average molecular weight is 787 g/mol. The standard InChI is InChI=1S/C41H70O14/c1-21(16-42)24-8-13-41(20-52-24)15-14-39(4)22(34(41)50)6-7-27-37(2)11-10-28(38(3,19-44)26(37)9-12-40(27,39)5)54-36-33(29(46)23(45)18-51-36)55-35-32(49)31(48)30(47)25(17-43)53-35/h21-36,42-50H,6-20H2,1-5H3. The summed E-state index contributed by atoms with van der Waals surface area (Å²) in [4.78, 5) is 0. The Hall–Kier alpha value is -0.560. The third-order valence-electron chi connectivity index (χ3n) is 17.5. The van der Waals surface area contributed by atoms with E-state index in [-0.39, 0.29) is 65.3 Å². The summed E-state index contributed by atoms with van der Waals surface area (Å²) in [5.74, 6) is 0.686. The normalized spacial score (nSPS) is 56.3. The predicted octanol–water partition coefficient (Wildman–Crippen LogP) is 0.831. The largest absolute Gasteiger partial charge is 0.396 e. The number of fused-ring (bicyclic) bond motifs is 5. The van der Waals surface area contributed by atoms with Crippen molar-refractivity contribution in [3.05, 3.63) is 0 Å². The van der Waals surface area contributed by atoms with E-state index in [9.17, 15) is 46.0 Å². The van der Waals surface area contributed by atoms with Crippen LogP contribution in [0.1, 0.15) is 98.8 Å². The van der Waals surface area contributed by atoms with Gasteiger partial charge in [-0.2, -0.15) is 0 Å². The minimum atomic E-state index is -1.73. The Morgan fingerprint density at radius 1 is 0.691 bits per heavy atom. The molecule has 318 valence electrons. The van der Waals surface area contributed by atoms with Crippen molar-refractivity contribution in [2.24, 2.45) is 50.7 Å². The van der Waals surface area contributed by atoms with Crippen molar-refractivity contribution in [2.45, 2.75) is 172 Å². The highest BCUT2D eigenvalue weighted by atomic mass is 16.8. The number of rotatable bonds is 8. The Kier molecular flexibility index (Phi) is 12.0. The lowest BCUT2D eigenvalue weighted by Gasteiger charge is -2.73. The van der Waals surface area contributed by atoms with Crippen LogP contribution in [-0.2, 0) is 23.7 Å². The lowest BCUT2D eigenvalue weighted by Crippen LogP contribution is -2.69. The Balaban J connectivity index is 1.08. The smallest absolute Gasteiger partial charge is 0.187 e. The van der Waals surface area contributed by atoms with Gasteiger partial charge in [0.2, 0.25) is 0 Å². The molecule has 55 heavy (non-hydrogen) atoms. The van der Waals surface area contributed by atoms with E-state index in [1.54, 1.807) is 0 Å². The predicted molar refractivity (Wildman–Crippen MR) is 196 cm³/mol.